The Morgan fingerprint density at radius 2 is 1.86 bits per heavy atom. The number of aliphatic hydroxyl groups excluding tert-OH is 2. The number of carboxylic acid groups (broad SMARTS) is 1. The molecule has 6 atom stereocenters. The van der Waals surface area contributed by atoms with Gasteiger partial charge < -0.3 is 29.4 Å². The van der Waals surface area contributed by atoms with Crippen molar-refractivity contribution in [2.75, 3.05) is 6.61 Å². The van der Waals surface area contributed by atoms with Crippen molar-refractivity contribution >= 4 is 28.6 Å². The smallest absolute Gasteiger partial charge is 0.475 e. The van der Waals surface area contributed by atoms with Gasteiger partial charge in [-0.2, -0.15) is 13.2 Å². The van der Waals surface area contributed by atoms with Crippen LogP contribution in [-0.4, -0.2) is 66.9 Å². The van der Waals surface area contributed by atoms with Crippen LogP contribution in [0.5, 0.6) is 0 Å². The summed E-state index contributed by atoms with van der Waals surface area (Å²) in [5.74, 6) is -2.76. The first-order valence-corrected chi connectivity index (χ1v) is 10.9. The van der Waals surface area contributed by atoms with E-state index >= 15 is 0 Å². The van der Waals surface area contributed by atoms with Gasteiger partial charge in [-0.25, -0.2) is 19.2 Å². The van der Waals surface area contributed by atoms with Crippen LogP contribution in [0.1, 0.15) is 35.3 Å². The van der Waals surface area contributed by atoms with Crippen molar-refractivity contribution < 1.29 is 47.1 Å². The number of fused-ring (bicyclic) bond motifs is 2. The second kappa shape index (κ2) is 9.90. The lowest BCUT2D eigenvalue weighted by atomic mass is 9.91. The normalized spacial score (nSPS) is 27.9. The molecule has 4 heterocycles. The molecular formula is C22H20ClF4N3O6. The van der Waals surface area contributed by atoms with Crippen LogP contribution in [0, 0.1) is 6.92 Å². The first kappa shape index (κ1) is 26.2. The fourth-order valence-corrected chi connectivity index (χ4v) is 4.36. The van der Waals surface area contributed by atoms with Crippen LogP contribution in [0.3, 0.4) is 0 Å². The largest absolute Gasteiger partial charge is 0.490 e. The van der Waals surface area contributed by atoms with E-state index in [4.69, 9.17) is 31.0 Å². The molecule has 3 N–H and O–H groups in total. The molecule has 0 saturated carbocycles. The highest BCUT2D eigenvalue weighted by molar-refractivity contribution is 6.30. The van der Waals surface area contributed by atoms with Crippen molar-refractivity contribution in [2.24, 2.45) is 0 Å². The summed E-state index contributed by atoms with van der Waals surface area (Å²) in [6, 6.07) is 6.71. The molecule has 2 aromatic heterocycles. The number of aliphatic hydroxyl groups is 2. The summed E-state index contributed by atoms with van der Waals surface area (Å²) in [4.78, 5) is 17.3. The maximum absolute atomic E-state index is 14.3. The standard InChI is InChI=1S/C20H19ClFN3O4.C2HF3O2/c1-9-11-4-5-25(19(11)24-8-23-9)20-16(27)15(26)18(29-20)17-12-3-2-10(21)6-13(12)14(22)7-28-17;3-2(4,5)1(6)7/h2-6,8,14-18,20,26-27H,7H2,1H3;(H,6,7)/t14-,15-,16+,17+,18-,20+;/m0./s1. The minimum Gasteiger partial charge on any atom is -0.475 e. The average molecular weight is 534 g/mol. The van der Waals surface area contributed by atoms with Gasteiger partial charge in [-0.05, 0) is 36.2 Å². The van der Waals surface area contributed by atoms with Crippen molar-refractivity contribution in [1.82, 2.24) is 14.5 Å². The van der Waals surface area contributed by atoms with Gasteiger partial charge in [0.15, 0.2) is 6.23 Å². The van der Waals surface area contributed by atoms with E-state index in [0.717, 1.165) is 11.1 Å². The summed E-state index contributed by atoms with van der Waals surface area (Å²) < 4.78 is 59.5. The predicted molar refractivity (Wildman–Crippen MR) is 116 cm³/mol. The quantitative estimate of drug-likeness (QED) is 0.428. The van der Waals surface area contributed by atoms with E-state index in [9.17, 15) is 27.8 Å². The Morgan fingerprint density at radius 3 is 2.53 bits per heavy atom. The molecule has 1 aromatic carbocycles. The lowest BCUT2D eigenvalue weighted by molar-refractivity contribution is -0.192. The number of carbonyl (C=O) groups is 1. The molecule has 0 spiro atoms. The van der Waals surface area contributed by atoms with Gasteiger partial charge in [0.1, 0.15) is 42.6 Å². The summed E-state index contributed by atoms with van der Waals surface area (Å²) >= 11 is 6.02. The zero-order valence-electron chi connectivity index (χ0n) is 18.4. The average Bonchev–Trinajstić information content (AvgIpc) is 3.36. The fraction of sp³-hybridized carbons (Fsp3) is 0.409. The first-order chi connectivity index (χ1) is 16.9. The number of alkyl halides is 4. The minimum absolute atomic E-state index is 0.176. The van der Waals surface area contributed by atoms with Crippen molar-refractivity contribution in [3.63, 3.8) is 0 Å². The number of carboxylic acids is 1. The lowest BCUT2D eigenvalue weighted by Crippen LogP contribution is -2.38. The molecule has 2 aliphatic rings. The monoisotopic (exact) mass is 533 g/mol. The molecule has 0 unspecified atom stereocenters. The number of aromatic nitrogens is 3. The topological polar surface area (TPSA) is 127 Å². The van der Waals surface area contributed by atoms with E-state index in [1.165, 1.54) is 6.33 Å². The molecule has 0 bridgehead atoms. The van der Waals surface area contributed by atoms with Gasteiger partial charge in [-0.1, -0.05) is 17.7 Å². The van der Waals surface area contributed by atoms with Crippen molar-refractivity contribution in [2.45, 2.75) is 49.9 Å². The summed E-state index contributed by atoms with van der Waals surface area (Å²) in [6.07, 6.45) is -8.16. The molecule has 0 aliphatic carbocycles. The van der Waals surface area contributed by atoms with Crippen LogP contribution < -0.4 is 0 Å². The summed E-state index contributed by atoms with van der Waals surface area (Å²) in [6.45, 7) is 1.69. The molecule has 194 valence electrons. The van der Waals surface area contributed by atoms with Gasteiger partial charge >= 0.3 is 12.1 Å². The van der Waals surface area contributed by atoms with Crippen LogP contribution in [0.4, 0.5) is 17.6 Å². The molecule has 36 heavy (non-hydrogen) atoms. The summed E-state index contributed by atoms with van der Waals surface area (Å²) in [7, 11) is 0. The number of benzene rings is 1. The highest BCUT2D eigenvalue weighted by Gasteiger charge is 2.50. The molecule has 1 saturated heterocycles. The summed E-state index contributed by atoms with van der Waals surface area (Å²) in [5, 5.41) is 29.8. The Labute approximate surface area is 205 Å². The SMILES string of the molecule is Cc1ncnc2c1ccn2[C@@H]1O[C@H]([C@@H]2OC[C@H](F)c3cc(Cl)ccc32)[C@@H](O)[C@H]1O.O=C(O)C(F)(F)F. The van der Waals surface area contributed by atoms with Crippen molar-refractivity contribution in [1.29, 1.82) is 0 Å². The van der Waals surface area contributed by atoms with Crippen LogP contribution in [0.25, 0.3) is 11.0 Å². The van der Waals surface area contributed by atoms with Crippen LogP contribution >= 0.6 is 11.6 Å². The second-order valence-electron chi connectivity index (χ2n) is 8.19. The molecule has 3 aromatic rings. The number of ether oxygens (including phenoxy) is 2. The van der Waals surface area contributed by atoms with Gasteiger partial charge in [0, 0.05) is 16.6 Å². The zero-order chi connectivity index (χ0) is 26.4. The maximum atomic E-state index is 14.3. The number of aryl methyl sites for hydroxylation is 1. The highest BCUT2D eigenvalue weighted by atomic mass is 35.5. The number of hydrogen-bond donors (Lipinski definition) is 3. The number of halogens is 5. The minimum atomic E-state index is -5.08. The van der Waals surface area contributed by atoms with Gasteiger partial charge in [-0.3, -0.25) is 0 Å². The molecule has 0 radical (unpaired) electrons. The van der Waals surface area contributed by atoms with E-state index in [0.29, 0.717) is 21.8 Å². The lowest BCUT2D eigenvalue weighted by Gasteiger charge is -2.33. The molecule has 9 nitrogen and oxygen atoms in total. The van der Waals surface area contributed by atoms with E-state index in [-0.39, 0.29) is 6.61 Å². The Kier molecular flexibility index (Phi) is 7.21. The van der Waals surface area contributed by atoms with Crippen LogP contribution in [0.2, 0.25) is 5.02 Å². The highest BCUT2D eigenvalue weighted by Crippen LogP contribution is 2.44. The van der Waals surface area contributed by atoms with E-state index in [1.54, 1.807) is 29.0 Å². The number of rotatable bonds is 2. The Balaban J connectivity index is 0.000000384. The second-order valence-corrected chi connectivity index (χ2v) is 8.63. The van der Waals surface area contributed by atoms with E-state index in [2.05, 4.69) is 9.97 Å². The Morgan fingerprint density at radius 1 is 1.17 bits per heavy atom. The molecule has 1 fully saturated rings. The van der Waals surface area contributed by atoms with Gasteiger partial charge in [0.25, 0.3) is 0 Å². The van der Waals surface area contributed by atoms with Crippen molar-refractivity contribution in [3.8, 4) is 0 Å². The summed E-state index contributed by atoms with van der Waals surface area (Å²) in [5.41, 5.74) is 2.36. The molecule has 14 heteroatoms. The molecule has 0 amide bonds. The van der Waals surface area contributed by atoms with Crippen LogP contribution in [0.15, 0.2) is 36.8 Å². The third kappa shape index (κ3) is 4.89. The molecular weight excluding hydrogens is 514 g/mol. The Bertz CT molecular complexity index is 1270. The third-order valence-electron chi connectivity index (χ3n) is 5.91. The number of hydrogen-bond acceptors (Lipinski definition) is 7. The van der Waals surface area contributed by atoms with Crippen molar-refractivity contribution in [3.05, 3.63) is 58.6 Å². The fourth-order valence-electron chi connectivity index (χ4n) is 4.18. The Hall–Kier alpha value is -2.84. The number of aliphatic carboxylic acids is 1. The van der Waals surface area contributed by atoms with E-state index in [1.807, 2.05) is 13.0 Å². The number of nitrogens with zero attached hydrogens (tertiary/aromatic N) is 3. The van der Waals surface area contributed by atoms with Crippen LogP contribution in [-0.2, 0) is 14.3 Å². The van der Waals surface area contributed by atoms with Gasteiger partial charge in [0.2, 0.25) is 0 Å². The van der Waals surface area contributed by atoms with Gasteiger partial charge in [0.05, 0.1) is 12.3 Å². The van der Waals surface area contributed by atoms with Gasteiger partial charge in [-0.15, -0.1) is 0 Å². The predicted octanol–water partition coefficient (Wildman–Crippen LogP) is 3.43. The first-order valence-electron chi connectivity index (χ1n) is 10.5. The molecule has 2 aliphatic heterocycles. The molecule has 5 rings (SSSR count). The zero-order valence-corrected chi connectivity index (χ0v) is 19.2. The van der Waals surface area contributed by atoms with E-state index < -0.39 is 49.0 Å². The maximum Gasteiger partial charge on any atom is 0.490 e. The third-order valence-corrected chi connectivity index (χ3v) is 6.15.